The first-order valence-corrected chi connectivity index (χ1v) is 9.36. The van der Waals surface area contributed by atoms with Gasteiger partial charge in [-0.25, -0.2) is 0 Å². The largest absolute Gasteiger partial charge is 0.378 e. The molecule has 0 bridgehead atoms. The van der Waals surface area contributed by atoms with Crippen LogP contribution in [-0.2, 0) is 9.53 Å². The summed E-state index contributed by atoms with van der Waals surface area (Å²) in [5, 5.41) is 5.14. The lowest BCUT2D eigenvalue weighted by Crippen LogP contribution is -2.41. The molecule has 0 radical (unpaired) electrons. The Kier molecular flexibility index (Phi) is 9.44. The number of nitrogens with one attached hydrogen (secondary N) is 1. The van der Waals surface area contributed by atoms with Gasteiger partial charge < -0.3 is 20.7 Å². The monoisotopic (exact) mass is 428 g/mol. The molecule has 0 saturated carbocycles. The molecule has 1 aliphatic heterocycles. The number of rotatable bonds is 6. The first-order valence-electron chi connectivity index (χ1n) is 9.36. The predicted molar refractivity (Wildman–Crippen MR) is 120 cm³/mol. The lowest BCUT2D eigenvalue weighted by atomic mass is 9.81. The van der Waals surface area contributed by atoms with E-state index in [-0.39, 0.29) is 30.7 Å². The first-order chi connectivity index (χ1) is 12.6. The van der Waals surface area contributed by atoms with Gasteiger partial charge in [-0.1, -0.05) is 13.8 Å². The van der Waals surface area contributed by atoms with Crippen LogP contribution in [0.5, 0.6) is 0 Å². The summed E-state index contributed by atoms with van der Waals surface area (Å²) in [5.74, 6) is -0.0192. The van der Waals surface area contributed by atoms with Gasteiger partial charge in [-0.05, 0) is 31.0 Å². The number of anilines is 2. The number of hydrogen-bond acceptors (Lipinski definition) is 5. The van der Waals surface area contributed by atoms with E-state index >= 15 is 0 Å². The zero-order chi connectivity index (χ0) is 18.6. The fraction of sp³-hybridized carbons (Fsp3) is 0.500. The molecule has 6 nitrogen and oxygen atoms in total. The molecular formula is C20H30Cl2N4O2. The van der Waals surface area contributed by atoms with Crippen molar-refractivity contribution in [3.8, 4) is 0 Å². The molecule has 1 saturated heterocycles. The fourth-order valence-corrected chi connectivity index (χ4v) is 3.57. The van der Waals surface area contributed by atoms with Gasteiger partial charge in [0.15, 0.2) is 0 Å². The number of carbonyl (C=O) groups is 1. The number of hydrogen-bond donors (Lipinski definition) is 2. The van der Waals surface area contributed by atoms with Crippen LogP contribution in [0.1, 0.15) is 26.7 Å². The molecule has 3 N–H and O–H groups in total. The smallest absolute Gasteiger partial charge is 0.231 e. The molecular weight excluding hydrogens is 399 g/mol. The van der Waals surface area contributed by atoms with Crippen LogP contribution < -0.4 is 16.0 Å². The van der Waals surface area contributed by atoms with Crippen LogP contribution in [0.15, 0.2) is 30.6 Å². The standard InChI is InChI=1S/C20H28N4O2.2ClH/c1-3-20(4-2,14-21)19(25)23-17-5-6-18(24-9-11-26-12-10-24)15-7-8-22-13-16(15)17;;/h5-8,13H,3-4,9-12,14,21H2,1-2H3,(H,23,25);2*1H. The van der Waals surface area contributed by atoms with Crippen LogP contribution in [0, 0.1) is 5.41 Å². The number of nitrogens with two attached hydrogens (primary N) is 1. The maximum atomic E-state index is 12.9. The molecule has 1 aromatic carbocycles. The molecule has 28 heavy (non-hydrogen) atoms. The summed E-state index contributed by atoms with van der Waals surface area (Å²) in [6, 6.07) is 6.05. The highest BCUT2D eigenvalue weighted by Crippen LogP contribution is 2.34. The quantitative estimate of drug-likeness (QED) is 0.733. The molecule has 1 aromatic heterocycles. The van der Waals surface area contributed by atoms with E-state index in [0.29, 0.717) is 19.4 Å². The Morgan fingerprint density at radius 1 is 1.18 bits per heavy atom. The van der Waals surface area contributed by atoms with Gasteiger partial charge in [0, 0.05) is 48.5 Å². The fourth-order valence-electron chi connectivity index (χ4n) is 3.57. The molecule has 2 aromatic rings. The first kappa shape index (κ1) is 24.4. The summed E-state index contributed by atoms with van der Waals surface area (Å²) in [4.78, 5) is 19.5. The molecule has 156 valence electrons. The molecule has 1 fully saturated rings. The zero-order valence-corrected chi connectivity index (χ0v) is 18.1. The number of benzene rings is 1. The van der Waals surface area contributed by atoms with Gasteiger partial charge in [-0.15, -0.1) is 24.8 Å². The van der Waals surface area contributed by atoms with E-state index in [4.69, 9.17) is 10.5 Å². The number of pyridine rings is 1. The van der Waals surface area contributed by atoms with Crippen molar-refractivity contribution in [2.75, 3.05) is 43.1 Å². The topological polar surface area (TPSA) is 80.5 Å². The molecule has 0 unspecified atom stereocenters. The van der Waals surface area contributed by atoms with Crippen LogP contribution in [-0.4, -0.2) is 43.7 Å². The number of ether oxygens (including phenoxy) is 1. The molecule has 8 heteroatoms. The van der Waals surface area contributed by atoms with Crippen molar-refractivity contribution in [3.05, 3.63) is 30.6 Å². The van der Waals surface area contributed by atoms with Crippen molar-refractivity contribution in [1.82, 2.24) is 4.98 Å². The Hall–Kier alpha value is -1.60. The van der Waals surface area contributed by atoms with E-state index in [0.717, 1.165) is 48.5 Å². The van der Waals surface area contributed by atoms with E-state index in [9.17, 15) is 4.79 Å². The predicted octanol–water partition coefficient (Wildman–Crippen LogP) is 3.62. The zero-order valence-electron chi connectivity index (χ0n) is 16.4. The molecule has 2 heterocycles. The van der Waals surface area contributed by atoms with E-state index in [1.165, 1.54) is 0 Å². The van der Waals surface area contributed by atoms with Crippen molar-refractivity contribution in [1.29, 1.82) is 0 Å². The Morgan fingerprint density at radius 3 is 2.46 bits per heavy atom. The summed E-state index contributed by atoms with van der Waals surface area (Å²) in [5.41, 5.74) is 7.34. The molecule has 1 aliphatic rings. The number of carbonyl (C=O) groups excluding carboxylic acids is 1. The minimum atomic E-state index is -0.530. The molecule has 0 atom stereocenters. The minimum absolute atomic E-state index is 0. The minimum Gasteiger partial charge on any atom is -0.378 e. The second kappa shape index (κ2) is 10.8. The Bertz CT molecular complexity index is 770. The van der Waals surface area contributed by atoms with Gasteiger partial charge in [0.2, 0.25) is 5.91 Å². The van der Waals surface area contributed by atoms with Crippen molar-refractivity contribution in [2.24, 2.45) is 11.1 Å². The highest BCUT2D eigenvalue weighted by Gasteiger charge is 2.33. The van der Waals surface area contributed by atoms with Gasteiger partial charge in [-0.3, -0.25) is 9.78 Å². The van der Waals surface area contributed by atoms with E-state index < -0.39 is 5.41 Å². The van der Waals surface area contributed by atoms with Crippen LogP contribution in [0.3, 0.4) is 0 Å². The lowest BCUT2D eigenvalue weighted by Gasteiger charge is -2.31. The molecule has 0 spiro atoms. The molecule has 1 amide bonds. The number of aromatic nitrogens is 1. The third-order valence-electron chi connectivity index (χ3n) is 5.62. The third-order valence-corrected chi connectivity index (χ3v) is 5.62. The summed E-state index contributed by atoms with van der Waals surface area (Å²) in [6.07, 6.45) is 5.04. The Morgan fingerprint density at radius 2 is 1.86 bits per heavy atom. The summed E-state index contributed by atoms with van der Waals surface area (Å²) in [7, 11) is 0. The van der Waals surface area contributed by atoms with Crippen LogP contribution >= 0.6 is 24.8 Å². The lowest BCUT2D eigenvalue weighted by molar-refractivity contribution is -0.125. The third kappa shape index (κ3) is 4.69. The average Bonchev–Trinajstić information content (AvgIpc) is 2.71. The Balaban J connectivity index is 0.00000196. The van der Waals surface area contributed by atoms with E-state index in [1.807, 2.05) is 32.2 Å². The van der Waals surface area contributed by atoms with Gasteiger partial charge in [-0.2, -0.15) is 0 Å². The van der Waals surface area contributed by atoms with E-state index in [1.54, 1.807) is 6.20 Å². The van der Waals surface area contributed by atoms with Crippen LogP contribution in [0.25, 0.3) is 10.8 Å². The highest BCUT2D eigenvalue weighted by molar-refractivity contribution is 6.07. The summed E-state index contributed by atoms with van der Waals surface area (Å²) in [6.45, 7) is 7.56. The van der Waals surface area contributed by atoms with Crippen LogP contribution in [0.4, 0.5) is 11.4 Å². The van der Waals surface area contributed by atoms with Gasteiger partial charge >= 0.3 is 0 Å². The average molecular weight is 429 g/mol. The number of nitrogens with zero attached hydrogens (tertiary/aromatic N) is 2. The SMILES string of the molecule is CCC(CC)(CN)C(=O)Nc1ccc(N2CCOCC2)c2ccncc12.Cl.Cl. The maximum absolute atomic E-state index is 12.9. The van der Waals surface area contributed by atoms with Crippen molar-refractivity contribution >= 4 is 52.9 Å². The second-order valence-corrected chi connectivity index (χ2v) is 6.80. The van der Waals surface area contributed by atoms with Gasteiger partial charge in [0.1, 0.15) is 0 Å². The van der Waals surface area contributed by atoms with Gasteiger partial charge in [0.25, 0.3) is 0 Å². The molecule has 3 rings (SSSR count). The van der Waals surface area contributed by atoms with Crippen molar-refractivity contribution in [2.45, 2.75) is 26.7 Å². The van der Waals surface area contributed by atoms with Crippen molar-refractivity contribution < 1.29 is 9.53 Å². The summed E-state index contributed by atoms with van der Waals surface area (Å²) < 4.78 is 5.46. The number of amides is 1. The number of morpholine rings is 1. The summed E-state index contributed by atoms with van der Waals surface area (Å²) >= 11 is 0. The molecule has 0 aliphatic carbocycles. The van der Waals surface area contributed by atoms with Crippen LogP contribution in [0.2, 0.25) is 0 Å². The highest BCUT2D eigenvalue weighted by atomic mass is 35.5. The number of halogens is 2. The second-order valence-electron chi connectivity index (χ2n) is 6.80. The normalized spacial score (nSPS) is 14.2. The van der Waals surface area contributed by atoms with Gasteiger partial charge in [0.05, 0.1) is 24.3 Å². The van der Waals surface area contributed by atoms with Crippen molar-refractivity contribution in [3.63, 3.8) is 0 Å². The maximum Gasteiger partial charge on any atom is 0.231 e. The van der Waals surface area contributed by atoms with E-state index in [2.05, 4.69) is 21.3 Å². The number of fused-ring (bicyclic) bond motifs is 1. The Labute approximate surface area is 179 Å².